The van der Waals surface area contributed by atoms with Crippen LogP contribution in [-0.4, -0.2) is 47.4 Å². The van der Waals surface area contributed by atoms with Crippen LogP contribution in [0.4, 0.5) is 0 Å². The number of aliphatic hydroxyl groups is 2. The van der Waals surface area contributed by atoms with E-state index in [2.05, 4.69) is 31.3 Å². The van der Waals surface area contributed by atoms with E-state index in [1.54, 1.807) is 6.08 Å². The first kappa shape index (κ1) is 69.3. The van der Waals surface area contributed by atoms with E-state index in [0.717, 1.165) is 64.2 Å². The lowest BCUT2D eigenvalue weighted by molar-refractivity contribution is -0.143. The predicted octanol–water partition coefficient (Wildman–Crippen LogP) is 20.2. The minimum Gasteiger partial charge on any atom is -0.466 e. The highest BCUT2D eigenvalue weighted by Crippen LogP contribution is 2.18. The number of hydrogen-bond donors (Lipinski definition) is 3. The fourth-order valence-electron chi connectivity index (χ4n) is 10.0. The number of nitrogens with one attached hydrogen (secondary N) is 1. The van der Waals surface area contributed by atoms with Gasteiger partial charge in [0.15, 0.2) is 0 Å². The molecule has 0 fully saturated rings. The molecule has 0 heterocycles. The van der Waals surface area contributed by atoms with Crippen molar-refractivity contribution in [2.75, 3.05) is 13.2 Å². The molecule has 0 rings (SSSR count). The Morgan fingerprint density at radius 2 is 0.662 bits per heavy atom. The zero-order chi connectivity index (χ0) is 51.4. The molecule has 0 aliphatic heterocycles. The third-order valence-electron chi connectivity index (χ3n) is 15.0. The van der Waals surface area contributed by atoms with Crippen molar-refractivity contribution in [3.05, 3.63) is 24.3 Å². The van der Waals surface area contributed by atoms with Gasteiger partial charge in [0, 0.05) is 12.8 Å². The Morgan fingerprint density at radius 1 is 0.380 bits per heavy atom. The first-order valence-electron chi connectivity index (χ1n) is 32.1. The summed E-state index contributed by atoms with van der Waals surface area (Å²) in [4.78, 5) is 24.6. The normalized spacial score (nSPS) is 12.7. The zero-order valence-corrected chi connectivity index (χ0v) is 48.0. The van der Waals surface area contributed by atoms with E-state index in [4.69, 9.17) is 4.74 Å². The Balaban J connectivity index is 3.48. The number of esters is 1. The molecule has 1 amide bonds. The lowest BCUT2D eigenvalue weighted by Gasteiger charge is -2.20. The zero-order valence-electron chi connectivity index (χ0n) is 48.0. The van der Waals surface area contributed by atoms with Crippen molar-refractivity contribution in [3.63, 3.8) is 0 Å². The number of rotatable bonds is 60. The fraction of sp³-hybridized carbons (Fsp3) is 0.908. The minimum atomic E-state index is -0.856. The van der Waals surface area contributed by atoms with E-state index in [1.807, 2.05) is 6.08 Å². The van der Waals surface area contributed by atoms with Crippen LogP contribution in [-0.2, 0) is 14.3 Å². The average Bonchev–Trinajstić information content (AvgIpc) is 3.37. The van der Waals surface area contributed by atoms with Crippen molar-refractivity contribution in [3.8, 4) is 0 Å². The van der Waals surface area contributed by atoms with Crippen LogP contribution in [0, 0.1) is 0 Å². The summed E-state index contributed by atoms with van der Waals surface area (Å²) in [6, 6.07) is -0.641. The van der Waals surface area contributed by atoms with E-state index < -0.39 is 12.1 Å². The lowest BCUT2D eigenvalue weighted by atomic mass is 10.0. The van der Waals surface area contributed by atoms with Gasteiger partial charge in [-0.1, -0.05) is 308 Å². The van der Waals surface area contributed by atoms with Crippen molar-refractivity contribution in [2.24, 2.45) is 0 Å². The molecule has 6 heteroatoms. The first-order valence-corrected chi connectivity index (χ1v) is 32.1. The van der Waals surface area contributed by atoms with Crippen molar-refractivity contribution in [1.82, 2.24) is 5.32 Å². The highest BCUT2D eigenvalue weighted by molar-refractivity contribution is 5.76. The van der Waals surface area contributed by atoms with Gasteiger partial charge in [-0.3, -0.25) is 9.59 Å². The topological polar surface area (TPSA) is 95.9 Å². The van der Waals surface area contributed by atoms with Crippen LogP contribution in [0.5, 0.6) is 0 Å². The van der Waals surface area contributed by atoms with Gasteiger partial charge >= 0.3 is 5.97 Å². The number of hydrogen-bond acceptors (Lipinski definition) is 5. The van der Waals surface area contributed by atoms with E-state index >= 15 is 0 Å². The predicted molar refractivity (Wildman–Crippen MR) is 310 cm³/mol. The Labute approximate surface area is 443 Å². The molecule has 3 N–H and O–H groups in total. The van der Waals surface area contributed by atoms with E-state index in [9.17, 15) is 19.8 Å². The molecule has 0 aromatic carbocycles. The van der Waals surface area contributed by atoms with Gasteiger partial charge < -0.3 is 20.3 Å². The molecule has 2 atom stereocenters. The van der Waals surface area contributed by atoms with Crippen LogP contribution < -0.4 is 5.32 Å². The van der Waals surface area contributed by atoms with Crippen molar-refractivity contribution in [2.45, 2.75) is 366 Å². The van der Waals surface area contributed by atoms with Gasteiger partial charge in [0.05, 0.1) is 25.4 Å². The van der Waals surface area contributed by atoms with E-state index in [-0.39, 0.29) is 18.5 Å². The number of carbonyl (C=O) groups excluding carboxylic acids is 2. The third kappa shape index (κ3) is 57.5. The quantitative estimate of drug-likeness (QED) is 0.0320. The van der Waals surface area contributed by atoms with Crippen LogP contribution in [0.1, 0.15) is 354 Å². The highest BCUT2D eigenvalue weighted by Gasteiger charge is 2.18. The Morgan fingerprint density at radius 3 is 1.00 bits per heavy atom. The van der Waals surface area contributed by atoms with Crippen LogP contribution in [0.3, 0.4) is 0 Å². The van der Waals surface area contributed by atoms with Gasteiger partial charge in [-0.05, 0) is 57.8 Å². The summed E-state index contributed by atoms with van der Waals surface area (Å²) >= 11 is 0. The molecule has 6 nitrogen and oxygen atoms in total. The second kappa shape index (κ2) is 60.9. The van der Waals surface area contributed by atoms with Crippen LogP contribution in [0.25, 0.3) is 0 Å². The van der Waals surface area contributed by atoms with Gasteiger partial charge in [0.25, 0.3) is 0 Å². The van der Waals surface area contributed by atoms with Crippen LogP contribution in [0.15, 0.2) is 24.3 Å². The molecule has 0 radical (unpaired) electrons. The molecular formula is C65H125NO5. The molecule has 0 aliphatic rings. The van der Waals surface area contributed by atoms with Crippen molar-refractivity contribution < 1.29 is 24.5 Å². The molecule has 2 unspecified atom stereocenters. The van der Waals surface area contributed by atoms with Gasteiger partial charge in [0.2, 0.25) is 5.91 Å². The smallest absolute Gasteiger partial charge is 0.305 e. The lowest BCUT2D eigenvalue weighted by Crippen LogP contribution is -2.45. The summed E-state index contributed by atoms with van der Waals surface area (Å²) in [5, 5.41) is 23.2. The summed E-state index contributed by atoms with van der Waals surface area (Å²) in [5.41, 5.74) is 0. The van der Waals surface area contributed by atoms with Crippen LogP contribution in [0.2, 0.25) is 0 Å². The molecule has 0 aromatic rings. The molecule has 0 bridgehead atoms. The van der Waals surface area contributed by atoms with Gasteiger partial charge in [-0.2, -0.15) is 0 Å². The summed E-state index contributed by atoms with van der Waals surface area (Å²) in [6.45, 7) is 4.91. The Kier molecular flexibility index (Phi) is 59.5. The maximum Gasteiger partial charge on any atom is 0.305 e. The van der Waals surface area contributed by atoms with Crippen LogP contribution >= 0.6 is 0 Å². The van der Waals surface area contributed by atoms with Gasteiger partial charge in [-0.15, -0.1) is 0 Å². The average molecular weight is 1000 g/mol. The first-order chi connectivity index (χ1) is 35.0. The summed E-state index contributed by atoms with van der Waals surface area (Å²) in [7, 11) is 0. The second-order valence-corrected chi connectivity index (χ2v) is 22.1. The maximum absolute atomic E-state index is 12.5. The largest absolute Gasteiger partial charge is 0.466 e. The molecule has 0 saturated carbocycles. The summed E-state index contributed by atoms with van der Waals surface area (Å²) < 4.78 is 5.47. The molecule has 0 spiro atoms. The Bertz CT molecular complexity index is 1110. The Hall–Kier alpha value is -1.66. The van der Waals surface area contributed by atoms with Gasteiger partial charge in [-0.25, -0.2) is 0 Å². The number of allylic oxidation sites excluding steroid dienone is 3. The molecule has 0 saturated heterocycles. The van der Waals surface area contributed by atoms with Crippen molar-refractivity contribution >= 4 is 11.9 Å². The number of unbranched alkanes of at least 4 members (excludes halogenated alkanes) is 47. The number of carbonyl (C=O) groups is 2. The SMILES string of the molecule is CCCCCCCCCCCCCCCCCCCCCCCC/C=C/C(O)C(CO)NC(=O)CCCCCCC/C=C\CCCCCCCCCOC(=O)CCCCCCCCCCCCCCCC. The fourth-order valence-corrected chi connectivity index (χ4v) is 10.0. The molecular weight excluding hydrogens is 875 g/mol. The standard InChI is InChI=1S/C65H125NO5/c1-3-5-7-9-11-13-15-17-19-20-21-22-23-24-25-26-27-30-33-37-41-45-49-53-57-63(68)62(61-67)66-64(69)58-54-50-46-42-38-34-31-28-29-32-36-40-44-48-52-56-60-71-65(70)59-55-51-47-43-39-35-18-16-14-12-10-8-6-4-2/h28,31,53,57,62-63,67-68H,3-27,29-30,32-52,54-56,58-61H2,1-2H3,(H,66,69)/b31-28-,57-53+. The monoisotopic (exact) mass is 1000 g/mol. The minimum absolute atomic E-state index is 0.000847. The maximum atomic E-state index is 12.5. The number of ether oxygens (including phenoxy) is 1. The number of amides is 1. The summed E-state index contributed by atoms with van der Waals surface area (Å²) in [6.07, 6.45) is 75.1. The summed E-state index contributed by atoms with van der Waals surface area (Å²) in [5.74, 6) is -0.0821. The van der Waals surface area contributed by atoms with E-state index in [1.165, 1.54) is 263 Å². The number of aliphatic hydroxyl groups excluding tert-OH is 2. The highest BCUT2D eigenvalue weighted by atomic mass is 16.5. The molecule has 0 aromatic heterocycles. The molecule has 71 heavy (non-hydrogen) atoms. The third-order valence-corrected chi connectivity index (χ3v) is 15.0. The molecule has 420 valence electrons. The van der Waals surface area contributed by atoms with E-state index in [0.29, 0.717) is 19.4 Å². The molecule has 0 aliphatic carbocycles. The van der Waals surface area contributed by atoms with Gasteiger partial charge in [0.1, 0.15) is 0 Å². The van der Waals surface area contributed by atoms with Crippen molar-refractivity contribution in [1.29, 1.82) is 0 Å². The second-order valence-electron chi connectivity index (χ2n) is 22.1.